The molecule has 17 heavy (non-hydrogen) atoms. The molecule has 1 saturated heterocycles. The van der Waals surface area contributed by atoms with Crippen LogP contribution in [-0.2, 0) is 0 Å². The van der Waals surface area contributed by atoms with Gasteiger partial charge >= 0.3 is 0 Å². The van der Waals surface area contributed by atoms with Crippen LogP contribution in [0.2, 0.25) is 0 Å². The van der Waals surface area contributed by atoms with E-state index in [4.69, 9.17) is 0 Å². The molecular formula is C15H29NO. The van der Waals surface area contributed by atoms with Crippen molar-refractivity contribution in [3.63, 3.8) is 0 Å². The third-order valence-corrected chi connectivity index (χ3v) is 4.73. The summed E-state index contributed by atoms with van der Waals surface area (Å²) in [5.74, 6) is 0. The summed E-state index contributed by atoms with van der Waals surface area (Å²) >= 11 is 0. The highest BCUT2D eigenvalue weighted by atomic mass is 16.3. The minimum atomic E-state index is -0.343. The van der Waals surface area contributed by atoms with E-state index in [0.29, 0.717) is 5.41 Å². The molecule has 2 heteroatoms. The average Bonchev–Trinajstić information content (AvgIpc) is 2.63. The minimum absolute atomic E-state index is 0.343. The molecule has 2 aliphatic rings. The smallest absolute Gasteiger partial charge is 0.0774 e. The highest BCUT2D eigenvalue weighted by Crippen LogP contribution is 2.41. The largest absolute Gasteiger partial charge is 0.389 e. The fourth-order valence-electron chi connectivity index (χ4n) is 4.12. The van der Waals surface area contributed by atoms with Crippen molar-refractivity contribution in [1.29, 1.82) is 0 Å². The molecule has 1 N–H and O–H groups in total. The molecule has 0 aromatic heterocycles. The van der Waals surface area contributed by atoms with E-state index in [-0.39, 0.29) is 5.60 Å². The van der Waals surface area contributed by atoms with Gasteiger partial charge in [0.2, 0.25) is 0 Å². The van der Waals surface area contributed by atoms with Crippen molar-refractivity contribution < 1.29 is 5.11 Å². The first-order valence-electron chi connectivity index (χ1n) is 7.56. The Labute approximate surface area is 106 Å². The normalized spacial score (nSPS) is 27.0. The standard InChI is InChI=1S/C15H29NO/c1-3-7-14(8-4-2)11-16(12-14)13-15(17)9-5-6-10-15/h17H,3-13H2,1-2H3. The topological polar surface area (TPSA) is 23.5 Å². The number of hydrogen-bond donors (Lipinski definition) is 1. The lowest BCUT2D eigenvalue weighted by molar-refractivity contribution is -0.0726. The number of nitrogens with zero attached hydrogens (tertiary/aromatic N) is 1. The molecule has 1 heterocycles. The summed E-state index contributed by atoms with van der Waals surface area (Å²) in [5.41, 5.74) is 0.253. The van der Waals surface area contributed by atoms with Gasteiger partial charge in [-0.05, 0) is 31.1 Å². The number of likely N-dealkylation sites (tertiary alicyclic amines) is 1. The Morgan fingerprint density at radius 1 is 1.00 bits per heavy atom. The van der Waals surface area contributed by atoms with E-state index in [1.54, 1.807) is 0 Å². The average molecular weight is 239 g/mol. The number of β-amino-alcohol motifs (C(OH)–C–C–N with tert-alkyl or cyclic N) is 1. The fourth-order valence-corrected chi connectivity index (χ4v) is 4.12. The summed E-state index contributed by atoms with van der Waals surface area (Å²) in [6.07, 6.45) is 9.84. The van der Waals surface area contributed by atoms with Gasteiger partial charge in [0.1, 0.15) is 0 Å². The molecule has 0 radical (unpaired) electrons. The predicted molar refractivity (Wildman–Crippen MR) is 72.1 cm³/mol. The monoisotopic (exact) mass is 239 g/mol. The third kappa shape index (κ3) is 3.03. The number of hydrogen-bond acceptors (Lipinski definition) is 2. The van der Waals surface area contributed by atoms with Crippen LogP contribution in [0.3, 0.4) is 0 Å². The summed E-state index contributed by atoms with van der Waals surface area (Å²) in [4.78, 5) is 2.50. The van der Waals surface area contributed by atoms with Crippen LogP contribution >= 0.6 is 0 Å². The van der Waals surface area contributed by atoms with Gasteiger partial charge in [-0.1, -0.05) is 39.5 Å². The first-order valence-corrected chi connectivity index (χ1v) is 7.56. The summed E-state index contributed by atoms with van der Waals surface area (Å²) in [7, 11) is 0. The summed E-state index contributed by atoms with van der Waals surface area (Å²) < 4.78 is 0. The van der Waals surface area contributed by atoms with Crippen LogP contribution in [0.4, 0.5) is 0 Å². The van der Waals surface area contributed by atoms with Crippen LogP contribution in [0.5, 0.6) is 0 Å². The molecule has 1 aliphatic heterocycles. The first-order chi connectivity index (χ1) is 8.11. The molecule has 2 nitrogen and oxygen atoms in total. The van der Waals surface area contributed by atoms with Crippen LogP contribution in [0.25, 0.3) is 0 Å². The van der Waals surface area contributed by atoms with Gasteiger partial charge in [-0.15, -0.1) is 0 Å². The molecular weight excluding hydrogens is 210 g/mol. The van der Waals surface area contributed by atoms with Gasteiger partial charge in [0.25, 0.3) is 0 Å². The Morgan fingerprint density at radius 2 is 1.53 bits per heavy atom. The van der Waals surface area contributed by atoms with Gasteiger partial charge in [0, 0.05) is 19.6 Å². The Hall–Kier alpha value is -0.0800. The first kappa shape index (κ1) is 13.4. The van der Waals surface area contributed by atoms with Crippen molar-refractivity contribution >= 4 is 0 Å². The molecule has 2 fully saturated rings. The van der Waals surface area contributed by atoms with Crippen LogP contribution < -0.4 is 0 Å². The quantitative estimate of drug-likeness (QED) is 0.769. The molecule has 1 aliphatic carbocycles. The van der Waals surface area contributed by atoms with Crippen LogP contribution in [0.15, 0.2) is 0 Å². The van der Waals surface area contributed by atoms with E-state index < -0.39 is 0 Å². The molecule has 100 valence electrons. The van der Waals surface area contributed by atoms with Gasteiger partial charge < -0.3 is 5.11 Å². The highest BCUT2D eigenvalue weighted by Gasteiger charge is 2.44. The maximum atomic E-state index is 10.4. The van der Waals surface area contributed by atoms with Gasteiger partial charge in [-0.2, -0.15) is 0 Å². The van der Waals surface area contributed by atoms with E-state index >= 15 is 0 Å². The second-order valence-electron chi connectivity index (χ2n) is 6.58. The van der Waals surface area contributed by atoms with E-state index in [1.165, 1.54) is 51.6 Å². The molecule has 0 aromatic rings. The lowest BCUT2D eigenvalue weighted by atomic mass is 9.72. The van der Waals surface area contributed by atoms with Crippen molar-refractivity contribution in [2.45, 2.75) is 70.8 Å². The fraction of sp³-hybridized carbons (Fsp3) is 1.00. The lowest BCUT2D eigenvalue weighted by Crippen LogP contribution is -2.59. The second-order valence-corrected chi connectivity index (χ2v) is 6.58. The molecule has 0 aromatic carbocycles. The maximum absolute atomic E-state index is 10.4. The zero-order chi connectivity index (χ0) is 12.4. The Morgan fingerprint density at radius 3 is 2.00 bits per heavy atom. The number of aliphatic hydroxyl groups is 1. The summed E-state index contributed by atoms with van der Waals surface area (Å²) in [6.45, 7) is 7.99. The van der Waals surface area contributed by atoms with Crippen molar-refractivity contribution in [3.05, 3.63) is 0 Å². The minimum Gasteiger partial charge on any atom is -0.389 e. The molecule has 1 saturated carbocycles. The Bertz CT molecular complexity index is 231. The van der Waals surface area contributed by atoms with Gasteiger partial charge in [0.05, 0.1) is 5.60 Å². The summed E-state index contributed by atoms with van der Waals surface area (Å²) in [5, 5.41) is 10.4. The van der Waals surface area contributed by atoms with E-state index in [2.05, 4.69) is 18.7 Å². The molecule has 0 amide bonds. The van der Waals surface area contributed by atoms with Crippen molar-refractivity contribution in [2.24, 2.45) is 5.41 Å². The lowest BCUT2D eigenvalue weighted by Gasteiger charge is -2.52. The zero-order valence-corrected chi connectivity index (χ0v) is 11.7. The van der Waals surface area contributed by atoms with Gasteiger partial charge in [0.15, 0.2) is 0 Å². The van der Waals surface area contributed by atoms with E-state index in [1.807, 2.05) is 0 Å². The van der Waals surface area contributed by atoms with Gasteiger partial charge in [-0.25, -0.2) is 0 Å². The number of rotatable bonds is 6. The molecule has 0 spiro atoms. The Balaban J connectivity index is 1.79. The molecule has 2 rings (SSSR count). The van der Waals surface area contributed by atoms with E-state index in [0.717, 1.165) is 19.4 Å². The molecule has 0 unspecified atom stereocenters. The van der Waals surface area contributed by atoms with Crippen LogP contribution in [0.1, 0.15) is 65.2 Å². The maximum Gasteiger partial charge on any atom is 0.0774 e. The second kappa shape index (κ2) is 5.27. The third-order valence-electron chi connectivity index (χ3n) is 4.73. The highest BCUT2D eigenvalue weighted by molar-refractivity contribution is 4.98. The van der Waals surface area contributed by atoms with E-state index in [9.17, 15) is 5.11 Å². The van der Waals surface area contributed by atoms with Crippen molar-refractivity contribution in [2.75, 3.05) is 19.6 Å². The molecule has 0 bridgehead atoms. The van der Waals surface area contributed by atoms with Crippen LogP contribution in [-0.4, -0.2) is 35.2 Å². The van der Waals surface area contributed by atoms with Crippen molar-refractivity contribution in [3.8, 4) is 0 Å². The van der Waals surface area contributed by atoms with Crippen LogP contribution in [0, 0.1) is 5.41 Å². The predicted octanol–water partition coefficient (Wildman–Crippen LogP) is 3.19. The Kier molecular flexibility index (Phi) is 4.14. The summed E-state index contributed by atoms with van der Waals surface area (Å²) in [6, 6.07) is 0. The SMILES string of the molecule is CCCC1(CCC)CN(CC2(O)CCCC2)C1. The molecule has 0 atom stereocenters. The van der Waals surface area contributed by atoms with Gasteiger partial charge in [-0.3, -0.25) is 4.90 Å². The zero-order valence-electron chi connectivity index (χ0n) is 11.7. The van der Waals surface area contributed by atoms with Crippen molar-refractivity contribution in [1.82, 2.24) is 4.90 Å².